The fourth-order valence-corrected chi connectivity index (χ4v) is 4.39. The van der Waals surface area contributed by atoms with Crippen LogP contribution in [0, 0.1) is 10.1 Å². The summed E-state index contributed by atoms with van der Waals surface area (Å²) in [4.78, 5) is 30.0. The molecule has 28 heavy (non-hydrogen) atoms. The molecule has 2 fully saturated rings. The predicted octanol–water partition coefficient (Wildman–Crippen LogP) is 2.97. The van der Waals surface area contributed by atoms with Crippen molar-refractivity contribution in [3.8, 4) is 0 Å². The molecule has 2 aromatic rings. The second kappa shape index (κ2) is 8.28. The van der Waals surface area contributed by atoms with Crippen LogP contribution < -0.4 is 4.90 Å². The first kappa shape index (κ1) is 18.9. The molecule has 148 valence electrons. The van der Waals surface area contributed by atoms with Gasteiger partial charge in [0.25, 0.3) is 5.69 Å². The van der Waals surface area contributed by atoms with E-state index in [2.05, 4.69) is 21.7 Å². The molecular weight excluding hydrogens is 376 g/mol. The molecule has 0 N–H and O–H groups in total. The van der Waals surface area contributed by atoms with Gasteiger partial charge in [-0.3, -0.25) is 19.8 Å². The van der Waals surface area contributed by atoms with Crippen molar-refractivity contribution in [2.24, 2.45) is 0 Å². The summed E-state index contributed by atoms with van der Waals surface area (Å²) in [6.07, 6.45) is 2.34. The Hall–Kier alpha value is -2.45. The summed E-state index contributed by atoms with van der Waals surface area (Å²) in [5.41, 5.74) is 2.03. The molecule has 1 aromatic heterocycles. The molecule has 2 aliphatic rings. The maximum atomic E-state index is 12.8. The van der Waals surface area contributed by atoms with Crippen LogP contribution in [0.15, 0.2) is 41.1 Å². The largest absolute Gasteiger partial charge is 0.362 e. The molecule has 7 nitrogen and oxygen atoms in total. The fourth-order valence-electron chi connectivity index (χ4n) is 3.73. The van der Waals surface area contributed by atoms with Crippen LogP contribution in [0.1, 0.15) is 18.4 Å². The lowest BCUT2D eigenvalue weighted by atomic mass is 10.2. The molecule has 1 saturated heterocycles. The number of rotatable bonds is 7. The molecule has 4 rings (SSSR count). The smallest absolute Gasteiger partial charge is 0.292 e. The summed E-state index contributed by atoms with van der Waals surface area (Å²) in [6.45, 7) is 3.71. The maximum absolute atomic E-state index is 12.8. The van der Waals surface area contributed by atoms with Gasteiger partial charge in [-0.25, -0.2) is 0 Å². The SMILES string of the molecule is O=C(CN(Cc1ccsc1)C1CC1)N1CCN(c2ccccc2[N+](=O)[O-])CC1. The number of carbonyl (C=O) groups is 1. The topological polar surface area (TPSA) is 69.9 Å². The Morgan fingerprint density at radius 1 is 1.18 bits per heavy atom. The lowest BCUT2D eigenvalue weighted by Gasteiger charge is -2.36. The van der Waals surface area contributed by atoms with Crippen molar-refractivity contribution >= 4 is 28.6 Å². The van der Waals surface area contributed by atoms with E-state index in [1.165, 1.54) is 24.5 Å². The van der Waals surface area contributed by atoms with Crippen molar-refractivity contribution in [1.82, 2.24) is 9.80 Å². The summed E-state index contributed by atoms with van der Waals surface area (Å²) in [7, 11) is 0. The molecule has 0 radical (unpaired) electrons. The lowest BCUT2D eigenvalue weighted by Crippen LogP contribution is -2.51. The van der Waals surface area contributed by atoms with Crippen LogP contribution >= 0.6 is 11.3 Å². The fraction of sp³-hybridized carbons (Fsp3) is 0.450. The van der Waals surface area contributed by atoms with Crippen molar-refractivity contribution in [2.45, 2.75) is 25.4 Å². The molecule has 1 saturated carbocycles. The summed E-state index contributed by atoms with van der Waals surface area (Å²) in [5, 5.41) is 15.5. The van der Waals surface area contributed by atoms with Gasteiger partial charge in [-0.1, -0.05) is 12.1 Å². The van der Waals surface area contributed by atoms with Gasteiger partial charge in [-0.05, 0) is 41.3 Å². The van der Waals surface area contributed by atoms with Gasteiger partial charge in [0.2, 0.25) is 5.91 Å². The Morgan fingerprint density at radius 2 is 1.93 bits per heavy atom. The molecule has 0 bridgehead atoms. The first-order valence-electron chi connectivity index (χ1n) is 9.63. The van der Waals surface area contributed by atoms with Crippen molar-refractivity contribution in [2.75, 3.05) is 37.6 Å². The molecule has 1 aliphatic heterocycles. The van der Waals surface area contributed by atoms with Crippen molar-refractivity contribution in [1.29, 1.82) is 0 Å². The molecule has 8 heteroatoms. The Bertz CT molecular complexity index is 830. The van der Waals surface area contributed by atoms with E-state index in [1.807, 2.05) is 15.9 Å². The number of anilines is 1. The molecule has 1 aliphatic carbocycles. The lowest BCUT2D eigenvalue weighted by molar-refractivity contribution is -0.384. The predicted molar refractivity (Wildman–Crippen MR) is 110 cm³/mol. The maximum Gasteiger partial charge on any atom is 0.292 e. The van der Waals surface area contributed by atoms with Gasteiger partial charge in [0.1, 0.15) is 5.69 Å². The van der Waals surface area contributed by atoms with E-state index in [-0.39, 0.29) is 16.5 Å². The third-order valence-electron chi connectivity index (χ3n) is 5.42. The normalized spacial score (nSPS) is 17.2. The second-order valence-corrected chi connectivity index (χ2v) is 8.16. The van der Waals surface area contributed by atoms with Crippen LogP contribution in [-0.4, -0.2) is 59.4 Å². The molecule has 1 amide bonds. The molecule has 0 spiro atoms. The number of amides is 1. The number of para-hydroxylation sites is 2. The number of thiophene rings is 1. The van der Waals surface area contributed by atoms with Crippen LogP contribution in [0.4, 0.5) is 11.4 Å². The molecule has 0 unspecified atom stereocenters. The summed E-state index contributed by atoms with van der Waals surface area (Å²) in [5.74, 6) is 0.157. The minimum absolute atomic E-state index is 0.123. The van der Waals surface area contributed by atoms with E-state index >= 15 is 0 Å². The van der Waals surface area contributed by atoms with Gasteiger partial charge in [0.15, 0.2) is 0 Å². The molecule has 1 aromatic carbocycles. The highest BCUT2D eigenvalue weighted by molar-refractivity contribution is 7.07. The van der Waals surface area contributed by atoms with Crippen LogP contribution in [0.25, 0.3) is 0 Å². The Morgan fingerprint density at radius 3 is 2.57 bits per heavy atom. The number of piperazine rings is 1. The Balaban J connectivity index is 1.34. The summed E-state index contributed by atoms with van der Waals surface area (Å²) >= 11 is 1.69. The van der Waals surface area contributed by atoms with Crippen LogP contribution in [-0.2, 0) is 11.3 Å². The minimum Gasteiger partial charge on any atom is -0.362 e. The highest BCUT2D eigenvalue weighted by Gasteiger charge is 2.32. The van der Waals surface area contributed by atoms with Gasteiger partial charge in [-0.2, -0.15) is 11.3 Å². The van der Waals surface area contributed by atoms with Gasteiger partial charge in [0.05, 0.1) is 11.5 Å². The van der Waals surface area contributed by atoms with E-state index < -0.39 is 0 Å². The highest BCUT2D eigenvalue weighted by atomic mass is 32.1. The van der Waals surface area contributed by atoms with Crippen LogP contribution in [0.5, 0.6) is 0 Å². The van der Waals surface area contributed by atoms with Crippen LogP contribution in [0.3, 0.4) is 0 Å². The number of nitro benzene ring substituents is 1. The number of carbonyl (C=O) groups excluding carboxylic acids is 1. The Kier molecular flexibility index (Phi) is 5.59. The van der Waals surface area contributed by atoms with E-state index in [1.54, 1.807) is 23.5 Å². The quantitative estimate of drug-likeness (QED) is 0.528. The van der Waals surface area contributed by atoms with Crippen molar-refractivity contribution in [3.63, 3.8) is 0 Å². The zero-order valence-electron chi connectivity index (χ0n) is 15.7. The van der Waals surface area contributed by atoms with Gasteiger partial charge in [-0.15, -0.1) is 0 Å². The Labute approximate surface area is 168 Å². The number of nitrogens with zero attached hydrogens (tertiary/aromatic N) is 4. The molecule has 2 heterocycles. The minimum atomic E-state index is -0.342. The number of hydrogen-bond donors (Lipinski definition) is 0. The molecule has 0 atom stereocenters. The number of nitro groups is 1. The van der Waals surface area contributed by atoms with Crippen LogP contribution in [0.2, 0.25) is 0 Å². The average Bonchev–Trinajstić information content (AvgIpc) is 3.44. The zero-order valence-corrected chi connectivity index (χ0v) is 16.5. The van der Waals surface area contributed by atoms with Crippen molar-refractivity contribution < 1.29 is 9.72 Å². The molecular formula is C20H24N4O3S. The van der Waals surface area contributed by atoms with E-state index in [4.69, 9.17) is 0 Å². The second-order valence-electron chi connectivity index (χ2n) is 7.38. The van der Waals surface area contributed by atoms with E-state index in [0.29, 0.717) is 44.5 Å². The van der Waals surface area contributed by atoms with Crippen molar-refractivity contribution in [3.05, 3.63) is 56.8 Å². The number of benzene rings is 1. The first-order valence-corrected chi connectivity index (χ1v) is 10.6. The van der Waals surface area contributed by atoms with Gasteiger partial charge < -0.3 is 9.80 Å². The highest BCUT2D eigenvalue weighted by Crippen LogP contribution is 2.30. The third kappa shape index (κ3) is 4.34. The van der Waals surface area contributed by atoms with E-state index in [9.17, 15) is 14.9 Å². The third-order valence-corrected chi connectivity index (χ3v) is 6.15. The monoisotopic (exact) mass is 400 g/mol. The first-order chi connectivity index (χ1) is 13.6. The summed E-state index contributed by atoms with van der Waals surface area (Å²) < 4.78 is 0. The standard InChI is InChI=1S/C20H24N4O3S/c25-20(14-23(17-5-6-17)13-16-7-12-28-15-16)22-10-8-21(9-11-22)18-3-1-2-4-19(18)24(26)27/h1-4,7,12,15,17H,5-6,8-11,13-14H2. The van der Waals surface area contributed by atoms with Gasteiger partial charge >= 0.3 is 0 Å². The van der Waals surface area contributed by atoms with E-state index in [0.717, 1.165) is 6.54 Å². The average molecular weight is 401 g/mol. The summed E-state index contributed by atoms with van der Waals surface area (Å²) in [6, 6.07) is 9.46. The van der Waals surface area contributed by atoms with Gasteiger partial charge in [0, 0.05) is 44.8 Å². The number of hydrogen-bond acceptors (Lipinski definition) is 6. The zero-order chi connectivity index (χ0) is 19.5.